The van der Waals surface area contributed by atoms with Gasteiger partial charge in [-0.05, 0) is 48.6 Å². The van der Waals surface area contributed by atoms with Crippen LogP contribution in [0.15, 0.2) is 48.5 Å². The average Bonchev–Trinajstić information content (AvgIpc) is 2.93. The molecule has 1 aliphatic carbocycles. The van der Waals surface area contributed by atoms with E-state index in [9.17, 15) is 9.90 Å². The molecule has 0 saturated heterocycles. The highest BCUT2D eigenvalue weighted by Crippen LogP contribution is 2.36. The zero-order valence-electron chi connectivity index (χ0n) is 13.3. The van der Waals surface area contributed by atoms with Crippen molar-refractivity contribution in [2.24, 2.45) is 0 Å². The van der Waals surface area contributed by atoms with E-state index >= 15 is 0 Å². The van der Waals surface area contributed by atoms with E-state index in [0.717, 1.165) is 29.7 Å². The number of carbonyl (C=O) groups is 1. The van der Waals surface area contributed by atoms with Crippen molar-refractivity contribution >= 4 is 11.6 Å². The SMILES string of the molecule is Cc1cccc(NC(=O)CNC2(CO)CCc3ccccc32)c1. The van der Waals surface area contributed by atoms with E-state index in [1.54, 1.807) is 0 Å². The quantitative estimate of drug-likeness (QED) is 0.794. The molecule has 0 aliphatic heterocycles. The summed E-state index contributed by atoms with van der Waals surface area (Å²) in [4.78, 5) is 12.2. The third-order valence-electron chi connectivity index (χ3n) is 4.51. The van der Waals surface area contributed by atoms with Crippen LogP contribution in [0.2, 0.25) is 0 Å². The molecule has 1 aliphatic rings. The number of hydrogen-bond donors (Lipinski definition) is 3. The summed E-state index contributed by atoms with van der Waals surface area (Å²) in [5.41, 5.74) is 3.73. The average molecular weight is 310 g/mol. The highest BCUT2D eigenvalue weighted by atomic mass is 16.3. The normalized spacial score (nSPS) is 19.4. The number of benzene rings is 2. The van der Waals surface area contributed by atoms with Gasteiger partial charge in [0, 0.05) is 5.69 Å². The molecule has 23 heavy (non-hydrogen) atoms. The summed E-state index contributed by atoms with van der Waals surface area (Å²) in [5, 5.41) is 16.1. The van der Waals surface area contributed by atoms with Crippen LogP contribution in [0.3, 0.4) is 0 Å². The van der Waals surface area contributed by atoms with Crippen molar-refractivity contribution in [2.45, 2.75) is 25.3 Å². The van der Waals surface area contributed by atoms with E-state index in [4.69, 9.17) is 0 Å². The van der Waals surface area contributed by atoms with E-state index in [0.29, 0.717) is 0 Å². The molecule has 3 rings (SSSR count). The topological polar surface area (TPSA) is 61.4 Å². The third-order valence-corrected chi connectivity index (χ3v) is 4.51. The molecular weight excluding hydrogens is 288 g/mol. The molecule has 0 aromatic heterocycles. The van der Waals surface area contributed by atoms with Gasteiger partial charge in [0.2, 0.25) is 5.91 Å². The Hall–Kier alpha value is -2.17. The van der Waals surface area contributed by atoms with Gasteiger partial charge in [-0.1, -0.05) is 36.4 Å². The first-order chi connectivity index (χ1) is 11.1. The lowest BCUT2D eigenvalue weighted by atomic mass is 9.92. The van der Waals surface area contributed by atoms with Gasteiger partial charge >= 0.3 is 0 Å². The Kier molecular flexibility index (Phi) is 4.46. The Morgan fingerprint density at radius 2 is 2.04 bits per heavy atom. The molecule has 0 spiro atoms. The number of aliphatic hydroxyl groups is 1. The van der Waals surface area contributed by atoms with Gasteiger partial charge in [-0.15, -0.1) is 0 Å². The predicted molar refractivity (Wildman–Crippen MR) is 91.3 cm³/mol. The molecule has 3 N–H and O–H groups in total. The Morgan fingerprint density at radius 3 is 2.83 bits per heavy atom. The molecule has 1 unspecified atom stereocenters. The smallest absolute Gasteiger partial charge is 0.238 e. The Morgan fingerprint density at radius 1 is 1.22 bits per heavy atom. The van der Waals surface area contributed by atoms with Crippen molar-refractivity contribution in [3.05, 3.63) is 65.2 Å². The van der Waals surface area contributed by atoms with Crippen LogP contribution < -0.4 is 10.6 Å². The van der Waals surface area contributed by atoms with Crippen LogP contribution in [0.1, 0.15) is 23.1 Å². The van der Waals surface area contributed by atoms with Crippen LogP contribution in [0.25, 0.3) is 0 Å². The number of fused-ring (bicyclic) bond motifs is 1. The molecule has 0 bridgehead atoms. The molecule has 2 aromatic rings. The molecular formula is C19H22N2O2. The number of anilines is 1. The largest absolute Gasteiger partial charge is 0.394 e. The molecule has 0 saturated carbocycles. The maximum absolute atomic E-state index is 12.2. The van der Waals surface area contributed by atoms with Crippen molar-refractivity contribution in [3.63, 3.8) is 0 Å². The minimum absolute atomic E-state index is 0.0122. The molecule has 4 heteroatoms. The van der Waals surface area contributed by atoms with Crippen LogP contribution in [0.5, 0.6) is 0 Å². The molecule has 0 heterocycles. The highest BCUT2D eigenvalue weighted by molar-refractivity contribution is 5.92. The molecule has 0 fully saturated rings. The molecule has 2 aromatic carbocycles. The van der Waals surface area contributed by atoms with Crippen molar-refractivity contribution in [1.82, 2.24) is 5.32 Å². The van der Waals surface area contributed by atoms with Crippen LogP contribution in [-0.4, -0.2) is 24.2 Å². The Balaban J connectivity index is 1.66. The van der Waals surface area contributed by atoms with E-state index < -0.39 is 5.54 Å². The zero-order chi connectivity index (χ0) is 16.3. The Bertz CT molecular complexity index is 714. The van der Waals surface area contributed by atoms with Gasteiger partial charge in [-0.25, -0.2) is 0 Å². The van der Waals surface area contributed by atoms with E-state index in [2.05, 4.69) is 16.7 Å². The molecule has 4 nitrogen and oxygen atoms in total. The lowest BCUT2D eigenvalue weighted by molar-refractivity contribution is -0.115. The molecule has 1 amide bonds. The monoisotopic (exact) mass is 310 g/mol. The van der Waals surface area contributed by atoms with Crippen molar-refractivity contribution in [1.29, 1.82) is 0 Å². The first-order valence-electron chi connectivity index (χ1n) is 7.94. The minimum Gasteiger partial charge on any atom is -0.394 e. The highest BCUT2D eigenvalue weighted by Gasteiger charge is 2.37. The summed E-state index contributed by atoms with van der Waals surface area (Å²) in [6.45, 7) is 2.15. The first kappa shape index (κ1) is 15.7. The Labute approximate surface area is 136 Å². The van der Waals surface area contributed by atoms with Crippen molar-refractivity contribution < 1.29 is 9.90 Å². The van der Waals surface area contributed by atoms with Crippen LogP contribution in [-0.2, 0) is 16.8 Å². The number of aliphatic hydroxyl groups excluding tert-OH is 1. The summed E-state index contributed by atoms with van der Waals surface area (Å²) in [6.07, 6.45) is 1.73. The summed E-state index contributed by atoms with van der Waals surface area (Å²) in [6, 6.07) is 15.8. The zero-order valence-corrected chi connectivity index (χ0v) is 13.3. The van der Waals surface area contributed by atoms with Crippen LogP contribution >= 0.6 is 0 Å². The second kappa shape index (κ2) is 6.52. The summed E-state index contributed by atoms with van der Waals surface area (Å²) >= 11 is 0. The van der Waals surface area contributed by atoms with Gasteiger partial charge < -0.3 is 10.4 Å². The lowest BCUT2D eigenvalue weighted by Gasteiger charge is -2.29. The van der Waals surface area contributed by atoms with Crippen LogP contribution in [0.4, 0.5) is 5.69 Å². The number of carbonyl (C=O) groups excluding carboxylic acids is 1. The van der Waals surface area contributed by atoms with E-state index in [1.807, 2.05) is 49.4 Å². The fraction of sp³-hybridized carbons (Fsp3) is 0.316. The molecule has 1 atom stereocenters. The standard InChI is InChI=1S/C19H22N2O2/c1-14-5-4-7-16(11-14)21-18(23)12-20-19(13-22)10-9-15-6-2-3-8-17(15)19/h2-8,11,20,22H,9-10,12-13H2,1H3,(H,21,23). The van der Waals surface area contributed by atoms with Gasteiger partial charge in [-0.2, -0.15) is 0 Å². The second-order valence-corrected chi connectivity index (χ2v) is 6.17. The van der Waals surface area contributed by atoms with Crippen molar-refractivity contribution in [3.8, 4) is 0 Å². The van der Waals surface area contributed by atoms with Gasteiger partial charge in [0.25, 0.3) is 0 Å². The predicted octanol–water partition coefficient (Wildman–Crippen LogP) is 2.36. The minimum atomic E-state index is -0.513. The number of hydrogen-bond acceptors (Lipinski definition) is 3. The third kappa shape index (κ3) is 3.28. The maximum atomic E-state index is 12.2. The number of nitrogens with one attached hydrogen (secondary N) is 2. The van der Waals surface area contributed by atoms with Gasteiger partial charge in [0.1, 0.15) is 0 Å². The maximum Gasteiger partial charge on any atom is 0.238 e. The van der Waals surface area contributed by atoms with Gasteiger partial charge in [0.15, 0.2) is 0 Å². The first-order valence-corrected chi connectivity index (χ1v) is 7.94. The fourth-order valence-corrected chi connectivity index (χ4v) is 3.27. The fourth-order valence-electron chi connectivity index (χ4n) is 3.27. The number of amides is 1. The summed E-state index contributed by atoms with van der Waals surface area (Å²) in [7, 11) is 0. The van der Waals surface area contributed by atoms with Crippen LogP contribution in [0, 0.1) is 6.92 Å². The number of aryl methyl sites for hydroxylation is 2. The summed E-state index contributed by atoms with van der Waals surface area (Å²) < 4.78 is 0. The molecule has 120 valence electrons. The second-order valence-electron chi connectivity index (χ2n) is 6.17. The molecule has 0 radical (unpaired) electrons. The summed E-state index contributed by atoms with van der Waals surface area (Å²) in [5.74, 6) is -0.104. The number of rotatable bonds is 5. The van der Waals surface area contributed by atoms with Gasteiger partial charge in [0.05, 0.1) is 18.7 Å². The van der Waals surface area contributed by atoms with E-state index in [-0.39, 0.29) is 19.1 Å². The van der Waals surface area contributed by atoms with Crippen molar-refractivity contribution in [2.75, 3.05) is 18.5 Å². The van der Waals surface area contributed by atoms with E-state index in [1.165, 1.54) is 5.56 Å². The van der Waals surface area contributed by atoms with Gasteiger partial charge in [-0.3, -0.25) is 10.1 Å². The lowest BCUT2D eigenvalue weighted by Crippen LogP contribution is -2.47.